The van der Waals surface area contributed by atoms with Gasteiger partial charge < -0.3 is 4.90 Å². The average molecular weight is 165 g/mol. The molecular weight excluding hydrogens is 146 g/mol. The third kappa shape index (κ3) is 1.90. The van der Waals surface area contributed by atoms with Gasteiger partial charge in [-0.2, -0.15) is 0 Å². The van der Waals surface area contributed by atoms with E-state index in [1.165, 1.54) is 31.5 Å². The van der Waals surface area contributed by atoms with Gasteiger partial charge in [0.15, 0.2) is 0 Å². The summed E-state index contributed by atoms with van der Waals surface area (Å²) < 4.78 is 0. The van der Waals surface area contributed by atoms with Crippen molar-refractivity contribution in [2.24, 2.45) is 0 Å². The third-order valence-corrected chi connectivity index (χ3v) is 2.58. The van der Waals surface area contributed by atoms with Gasteiger partial charge in [0, 0.05) is 18.3 Å². The van der Waals surface area contributed by atoms with Gasteiger partial charge in [0.2, 0.25) is 0 Å². The van der Waals surface area contributed by atoms with Crippen LogP contribution in [-0.2, 0) is 0 Å². The number of likely N-dealkylation sites (tertiary alicyclic amines) is 1. The van der Waals surface area contributed by atoms with E-state index in [1.54, 1.807) is 0 Å². The molecule has 1 rings (SSSR count). The summed E-state index contributed by atoms with van der Waals surface area (Å²) in [6, 6.07) is 0.744. The van der Waals surface area contributed by atoms with Crippen molar-refractivity contribution in [3.63, 3.8) is 0 Å². The molecule has 1 atom stereocenters. The summed E-state index contributed by atoms with van der Waals surface area (Å²) in [5, 5.41) is 0. The molecule has 0 N–H and O–H groups in total. The second-order valence-corrected chi connectivity index (χ2v) is 3.39. The monoisotopic (exact) mass is 165 g/mol. The largest absolute Gasteiger partial charge is 0.369 e. The van der Waals surface area contributed by atoms with Crippen molar-refractivity contribution < 1.29 is 0 Å². The van der Waals surface area contributed by atoms with Crippen molar-refractivity contribution in [1.82, 2.24) is 4.90 Å². The predicted octanol–water partition coefficient (Wildman–Crippen LogP) is 2.95. The molecule has 0 spiro atoms. The number of nitrogens with zero attached hydrogens (tertiary/aromatic N) is 1. The topological polar surface area (TPSA) is 3.24 Å². The van der Waals surface area contributed by atoms with E-state index < -0.39 is 0 Å². The van der Waals surface area contributed by atoms with Crippen molar-refractivity contribution in [1.29, 1.82) is 0 Å². The van der Waals surface area contributed by atoms with E-state index in [0.717, 1.165) is 6.04 Å². The van der Waals surface area contributed by atoms with E-state index in [9.17, 15) is 0 Å². The van der Waals surface area contributed by atoms with Crippen LogP contribution in [0, 0.1) is 0 Å². The van der Waals surface area contributed by atoms with Crippen LogP contribution in [0.4, 0.5) is 0 Å². The molecule has 1 unspecified atom stereocenters. The maximum Gasteiger partial charge on any atom is 0.0292 e. The van der Waals surface area contributed by atoms with Crippen molar-refractivity contribution in [2.75, 3.05) is 6.54 Å². The van der Waals surface area contributed by atoms with Crippen molar-refractivity contribution in [3.05, 3.63) is 24.4 Å². The predicted molar refractivity (Wildman–Crippen MR) is 54.0 cm³/mol. The second-order valence-electron chi connectivity index (χ2n) is 3.39. The van der Waals surface area contributed by atoms with Crippen LogP contribution in [0.5, 0.6) is 0 Å². The van der Waals surface area contributed by atoms with Gasteiger partial charge in [-0.1, -0.05) is 19.6 Å². The minimum atomic E-state index is 0.744. The van der Waals surface area contributed by atoms with Crippen LogP contribution < -0.4 is 0 Å². The lowest BCUT2D eigenvalue weighted by Gasteiger charge is -2.25. The Balaban J connectivity index is 2.55. The van der Waals surface area contributed by atoms with Gasteiger partial charge in [0.1, 0.15) is 0 Å². The molecule has 0 saturated carbocycles. The Hall–Kier alpha value is -0.720. The third-order valence-electron chi connectivity index (χ3n) is 2.58. The molecule has 68 valence electrons. The molecule has 0 aliphatic carbocycles. The van der Waals surface area contributed by atoms with Gasteiger partial charge in [-0.25, -0.2) is 0 Å². The van der Waals surface area contributed by atoms with E-state index in [0.29, 0.717) is 0 Å². The smallest absolute Gasteiger partial charge is 0.0292 e. The van der Waals surface area contributed by atoms with E-state index >= 15 is 0 Å². The van der Waals surface area contributed by atoms with Crippen molar-refractivity contribution in [3.8, 4) is 0 Å². The highest BCUT2D eigenvalue weighted by molar-refractivity contribution is 5.14. The SMILES string of the molecule is C=C(/C=C\C)N1CCCC1CC. The lowest BCUT2D eigenvalue weighted by atomic mass is 10.1. The summed E-state index contributed by atoms with van der Waals surface area (Å²) >= 11 is 0. The lowest BCUT2D eigenvalue weighted by Crippen LogP contribution is -2.26. The molecule has 1 aliphatic rings. The van der Waals surface area contributed by atoms with Crippen molar-refractivity contribution in [2.45, 2.75) is 39.2 Å². The minimum Gasteiger partial charge on any atom is -0.369 e. The maximum atomic E-state index is 4.06. The van der Waals surface area contributed by atoms with Gasteiger partial charge in [-0.15, -0.1) is 0 Å². The van der Waals surface area contributed by atoms with Gasteiger partial charge >= 0.3 is 0 Å². The van der Waals surface area contributed by atoms with E-state index in [2.05, 4.69) is 30.6 Å². The molecule has 1 fully saturated rings. The molecule has 0 radical (unpaired) electrons. The number of hydrogen-bond acceptors (Lipinski definition) is 1. The summed E-state index contributed by atoms with van der Waals surface area (Å²) in [5.41, 5.74) is 1.18. The van der Waals surface area contributed by atoms with Crippen LogP contribution in [0.15, 0.2) is 24.4 Å². The summed E-state index contributed by atoms with van der Waals surface area (Å²) in [4.78, 5) is 2.43. The zero-order chi connectivity index (χ0) is 8.97. The normalized spacial score (nSPS) is 23.8. The fourth-order valence-electron chi connectivity index (χ4n) is 1.93. The molecule has 12 heavy (non-hydrogen) atoms. The van der Waals surface area contributed by atoms with E-state index in [-0.39, 0.29) is 0 Å². The molecule has 0 aromatic heterocycles. The Morgan fingerprint density at radius 2 is 2.42 bits per heavy atom. The average Bonchev–Trinajstić information content (AvgIpc) is 2.51. The lowest BCUT2D eigenvalue weighted by molar-refractivity contribution is 0.323. The quantitative estimate of drug-likeness (QED) is 0.581. The van der Waals surface area contributed by atoms with Crippen LogP contribution in [0.1, 0.15) is 33.1 Å². The summed E-state index contributed by atoms with van der Waals surface area (Å²) in [6.07, 6.45) is 8.08. The first-order valence-corrected chi connectivity index (χ1v) is 4.87. The first kappa shape index (κ1) is 9.37. The first-order valence-electron chi connectivity index (χ1n) is 4.87. The first-order chi connectivity index (χ1) is 5.79. The highest BCUT2D eigenvalue weighted by Crippen LogP contribution is 2.23. The molecule has 1 nitrogen and oxygen atoms in total. The molecule has 1 heterocycles. The molecular formula is C11H19N. The van der Waals surface area contributed by atoms with Crippen molar-refractivity contribution >= 4 is 0 Å². The van der Waals surface area contributed by atoms with Crippen LogP contribution >= 0.6 is 0 Å². The van der Waals surface area contributed by atoms with Crippen LogP contribution in [0.25, 0.3) is 0 Å². The van der Waals surface area contributed by atoms with Gasteiger partial charge in [0.05, 0.1) is 0 Å². The molecule has 0 amide bonds. The summed E-state index contributed by atoms with van der Waals surface area (Å²) in [5.74, 6) is 0. The Labute approximate surface area is 75.8 Å². The molecule has 0 aromatic carbocycles. The highest BCUT2D eigenvalue weighted by atomic mass is 15.2. The highest BCUT2D eigenvalue weighted by Gasteiger charge is 2.22. The molecule has 1 aliphatic heterocycles. The zero-order valence-electron chi connectivity index (χ0n) is 8.21. The van der Waals surface area contributed by atoms with E-state index in [4.69, 9.17) is 0 Å². The fourth-order valence-corrected chi connectivity index (χ4v) is 1.93. The molecule has 0 bridgehead atoms. The van der Waals surface area contributed by atoms with Gasteiger partial charge in [-0.05, 0) is 32.3 Å². The van der Waals surface area contributed by atoms with Gasteiger partial charge in [0.25, 0.3) is 0 Å². The molecule has 0 aromatic rings. The second kappa shape index (κ2) is 4.34. The molecule has 1 heteroatoms. The Kier molecular flexibility index (Phi) is 3.39. The number of hydrogen-bond donors (Lipinski definition) is 0. The minimum absolute atomic E-state index is 0.744. The molecule has 1 saturated heterocycles. The van der Waals surface area contributed by atoms with E-state index in [1.807, 2.05) is 6.92 Å². The standard InChI is InChI=1S/C11H19N/c1-4-7-10(3)12-9-6-8-11(12)5-2/h4,7,11H,3,5-6,8-9H2,1-2H3/b7-4-. The van der Waals surface area contributed by atoms with Gasteiger partial charge in [-0.3, -0.25) is 0 Å². The Morgan fingerprint density at radius 1 is 1.67 bits per heavy atom. The number of allylic oxidation sites excluding steroid dienone is 2. The van der Waals surface area contributed by atoms with Crippen LogP contribution in [-0.4, -0.2) is 17.5 Å². The Morgan fingerprint density at radius 3 is 3.00 bits per heavy atom. The summed E-state index contributed by atoms with van der Waals surface area (Å²) in [7, 11) is 0. The zero-order valence-corrected chi connectivity index (χ0v) is 8.21. The van der Waals surface area contributed by atoms with Crippen LogP contribution in [0.2, 0.25) is 0 Å². The summed E-state index contributed by atoms with van der Waals surface area (Å²) in [6.45, 7) is 9.56. The fraction of sp³-hybridized carbons (Fsp3) is 0.636. The number of rotatable bonds is 3. The Bertz CT molecular complexity index is 181. The van der Waals surface area contributed by atoms with Crippen LogP contribution in [0.3, 0.4) is 0 Å². The maximum absolute atomic E-state index is 4.06.